The molecule has 0 aliphatic rings. The second-order valence-electron chi connectivity index (χ2n) is 9.84. The van der Waals surface area contributed by atoms with E-state index < -0.39 is 34.3 Å². The lowest BCUT2D eigenvalue weighted by atomic mass is 10.1. The molecule has 1 N–H and O–H groups in total. The number of carbonyl (C=O) groups excluding carboxylic acids is 2. The van der Waals surface area contributed by atoms with Crippen LogP contribution in [0.2, 0.25) is 10.0 Å². The summed E-state index contributed by atoms with van der Waals surface area (Å²) in [5.74, 6) is -1.15. The number of unbranched alkanes of at least 4 members (excludes halogenated alkanes) is 1. The van der Waals surface area contributed by atoms with Crippen LogP contribution in [-0.4, -0.2) is 58.5 Å². The molecule has 0 heterocycles. The van der Waals surface area contributed by atoms with E-state index in [0.717, 1.165) is 29.3 Å². The van der Waals surface area contributed by atoms with Gasteiger partial charge in [-0.2, -0.15) is 0 Å². The molecule has 9 nitrogen and oxygen atoms in total. The zero-order chi connectivity index (χ0) is 32.4. The monoisotopic (exact) mass is 667 g/mol. The van der Waals surface area contributed by atoms with Gasteiger partial charge in [0.1, 0.15) is 18.4 Å². The van der Waals surface area contributed by atoms with Gasteiger partial charge in [-0.3, -0.25) is 13.9 Å². The van der Waals surface area contributed by atoms with Crippen LogP contribution in [0, 0.1) is 5.82 Å². The summed E-state index contributed by atoms with van der Waals surface area (Å²) >= 11 is 12.3. The van der Waals surface area contributed by atoms with E-state index >= 15 is 0 Å². The fourth-order valence-electron chi connectivity index (χ4n) is 4.50. The third-order valence-corrected chi connectivity index (χ3v) is 9.40. The number of sulfonamides is 1. The summed E-state index contributed by atoms with van der Waals surface area (Å²) < 4.78 is 53.4. The van der Waals surface area contributed by atoms with Crippen LogP contribution in [-0.2, 0) is 26.2 Å². The Kier molecular flexibility index (Phi) is 12.7. The SMILES string of the molecule is CCCCNC(=O)C(CC)N(Cc1ccc(Cl)c(Cl)c1)C(=O)CN(c1ccc(F)cc1)S(=O)(=O)c1ccc(OC)c(OC)c1. The van der Waals surface area contributed by atoms with Gasteiger partial charge >= 0.3 is 0 Å². The highest BCUT2D eigenvalue weighted by Gasteiger charge is 2.34. The zero-order valence-corrected chi connectivity index (χ0v) is 27.3. The molecule has 0 aromatic heterocycles. The van der Waals surface area contributed by atoms with Crippen LogP contribution in [0.5, 0.6) is 11.5 Å². The van der Waals surface area contributed by atoms with Gasteiger partial charge in [-0.05, 0) is 66.9 Å². The highest BCUT2D eigenvalue weighted by atomic mass is 35.5. The van der Waals surface area contributed by atoms with E-state index in [2.05, 4.69) is 5.32 Å². The first kappa shape index (κ1) is 34.9. The van der Waals surface area contributed by atoms with Gasteiger partial charge in [-0.25, -0.2) is 12.8 Å². The van der Waals surface area contributed by atoms with Crippen molar-refractivity contribution in [1.29, 1.82) is 0 Å². The largest absolute Gasteiger partial charge is 0.493 e. The lowest BCUT2D eigenvalue weighted by Crippen LogP contribution is -2.52. The van der Waals surface area contributed by atoms with E-state index in [9.17, 15) is 22.4 Å². The molecule has 2 amide bonds. The number of ether oxygens (including phenoxy) is 2. The molecule has 44 heavy (non-hydrogen) atoms. The Labute approximate surface area is 267 Å². The van der Waals surface area contributed by atoms with Gasteiger partial charge in [0.25, 0.3) is 10.0 Å². The molecule has 13 heteroatoms. The van der Waals surface area contributed by atoms with Crippen LogP contribution in [0.4, 0.5) is 10.1 Å². The number of rotatable bonds is 15. The first-order chi connectivity index (χ1) is 21.0. The maximum absolute atomic E-state index is 14.1. The van der Waals surface area contributed by atoms with Gasteiger partial charge in [0.05, 0.1) is 34.8 Å². The second kappa shape index (κ2) is 16.0. The molecule has 0 radical (unpaired) electrons. The smallest absolute Gasteiger partial charge is 0.264 e. The molecule has 0 spiro atoms. The quantitative estimate of drug-likeness (QED) is 0.197. The number of carbonyl (C=O) groups is 2. The molecule has 0 fully saturated rings. The summed E-state index contributed by atoms with van der Waals surface area (Å²) in [6.07, 6.45) is 1.87. The topological polar surface area (TPSA) is 105 Å². The zero-order valence-electron chi connectivity index (χ0n) is 25.0. The van der Waals surface area contributed by atoms with Crippen LogP contribution >= 0.6 is 23.2 Å². The molecule has 0 saturated heterocycles. The maximum Gasteiger partial charge on any atom is 0.264 e. The van der Waals surface area contributed by atoms with Gasteiger partial charge in [0.15, 0.2) is 11.5 Å². The summed E-state index contributed by atoms with van der Waals surface area (Å²) in [5, 5.41) is 3.45. The number of nitrogens with one attached hydrogen (secondary N) is 1. The molecule has 0 aliphatic heterocycles. The highest BCUT2D eigenvalue weighted by Crippen LogP contribution is 2.32. The third kappa shape index (κ3) is 8.55. The van der Waals surface area contributed by atoms with Crippen molar-refractivity contribution in [2.75, 3.05) is 31.6 Å². The number of benzene rings is 3. The van der Waals surface area contributed by atoms with E-state index in [1.54, 1.807) is 25.1 Å². The highest BCUT2D eigenvalue weighted by molar-refractivity contribution is 7.92. The molecule has 1 atom stereocenters. The average Bonchev–Trinajstić information content (AvgIpc) is 3.01. The van der Waals surface area contributed by atoms with Gasteiger partial charge in [0.2, 0.25) is 11.8 Å². The first-order valence-corrected chi connectivity index (χ1v) is 16.2. The maximum atomic E-state index is 14.1. The van der Waals surface area contributed by atoms with Crippen LogP contribution in [0.25, 0.3) is 0 Å². The molecule has 3 aromatic rings. The summed E-state index contributed by atoms with van der Waals surface area (Å²) in [6, 6.07) is 12.7. The first-order valence-electron chi connectivity index (χ1n) is 14.0. The predicted molar refractivity (Wildman–Crippen MR) is 169 cm³/mol. The number of halogens is 3. The number of hydrogen-bond acceptors (Lipinski definition) is 6. The fraction of sp³-hybridized carbons (Fsp3) is 0.355. The van der Waals surface area contributed by atoms with Crippen LogP contribution in [0.1, 0.15) is 38.7 Å². The van der Waals surface area contributed by atoms with Gasteiger partial charge in [0, 0.05) is 19.2 Å². The Balaban J connectivity index is 2.09. The van der Waals surface area contributed by atoms with Crippen molar-refractivity contribution < 1.29 is 31.9 Å². The Morgan fingerprint density at radius 3 is 2.20 bits per heavy atom. The normalized spacial score (nSPS) is 11.9. The van der Waals surface area contributed by atoms with Crippen LogP contribution in [0.3, 0.4) is 0 Å². The molecule has 0 bridgehead atoms. The van der Waals surface area contributed by atoms with Gasteiger partial charge < -0.3 is 19.7 Å². The minimum Gasteiger partial charge on any atom is -0.493 e. The molecule has 3 rings (SSSR count). The molecule has 3 aromatic carbocycles. The molecule has 238 valence electrons. The van der Waals surface area contributed by atoms with Crippen molar-refractivity contribution in [3.63, 3.8) is 0 Å². The lowest BCUT2D eigenvalue weighted by molar-refractivity contribution is -0.140. The number of anilines is 1. The minimum absolute atomic E-state index is 0.0458. The summed E-state index contributed by atoms with van der Waals surface area (Å²) in [5.41, 5.74) is 0.633. The second-order valence-corrected chi connectivity index (χ2v) is 12.5. The number of nitrogens with zero attached hydrogens (tertiary/aromatic N) is 2. The van der Waals surface area contributed by atoms with Crippen molar-refractivity contribution in [2.45, 2.75) is 50.6 Å². The summed E-state index contributed by atoms with van der Waals surface area (Å²) in [7, 11) is -1.63. The number of methoxy groups -OCH3 is 2. The molecule has 1 unspecified atom stereocenters. The average molecular weight is 669 g/mol. The Bertz CT molecular complexity index is 1560. The van der Waals surface area contributed by atoms with E-state index in [1.165, 1.54) is 49.5 Å². The Morgan fingerprint density at radius 1 is 0.932 bits per heavy atom. The van der Waals surface area contributed by atoms with Gasteiger partial charge in [-0.1, -0.05) is 49.5 Å². The van der Waals surface area contributed by atoms with E-state index in [4.69, 9.17) is 32.7 Å². The van der Waals surface area contributed by atoms with E-state index in [0.29, 0.717) is 22.9 Å². The summed E-state index contributed by atoms with van der Waals surface area (Å²) in [6.45, 7) is 3.44. The standard InChI is InChI=1S/C31H36Cl2FN3O6S/c1-5-7-16-35-31(39)27(6-2)36(19-21-8-14-25(32)26(33)17-21)30(38)20-37(23-11-9-22(34)10-12-23)44(40,41)24-13-15-28(42-3)29(18-24)43-4/h8-15,17-18,27H,5-7,16,19-20H2,1-4H3,(H,35,39). The number of amides is 2. The van der Waals surface area contributed by atoms with Crippen LogP contribution in [0.15, 0.2) is 65.6 Å². The Hall–Kier alpha value is -3.54. The van der Waals surface area contributed by atoms with Crippen molar-refractivity contribution >= 4 is 50.7 Å². The fourth-order valence-corrected chi connectivity index (χ4v) is 6.25. The van der Waals surface area contributed by atoms with E-state index in [1.807, 2.05) is 6.92 Å². The van der Waals surface area contributed by atoms with E-state index in [-0.39, 0.29) is 40.2 Å². The van der Waals surface area contributed by atoms with Crippen molar-refractivity contribution in [2.24, 2.45) is 0 Å². The van der Waals surface area contributed by atoms with Crippen LogP contribution < -0.4 is 19.1 Å². The third-order valence-electron chi connectivity index (χ3n) is 6.89. The lowest BCUT2D eigenvalue weighted by Gasteiger charge is -2.33. The van der Waals surface area contributed by atoms with Crippen molar-refractivity contribution in [1.82, 2.24) is 10.2 Å². The molecule has 0 aliphatic carbocycles. The minimum atomic E-state index is -4.42. The predicted octanol–water partition coefficient (Wildman–Crippen LogP) is 6.07. The summed E-state index contributed by atoms with van der Waals surface area (Å²) in [4.78, 5) is 28.6. The molecule has 0 saturated carbocycles. The van der Waals surface area contributed by atoms with Crippen molar-refractivity contribution in [3.05, 3.63) is 82.1 Å². The number of hydrogen-bond donors (Lipinski definition) is 1. The molecular formula is C31H36Cl2FN3O6S. The molecular weight excluding hydrogens is 632 g/mol. The van der Waals surface area contributed by atoms with Crippen molar-refractivity contribution in [3.8, 4) is 11.5 Å². The Morgan fingerprint density at radius 2 is 1.61 bits per heavy atom. The van der Waals surface area contributed by atoms with Gasteiger partial charge in [-0.15, -0.1) is 0 Å².